The molecule has 0 spiro atoms. The van der Waals surface area contributed by atoms with Crippen LogP contribution in [-0.2, 0) is 11.3 Å². The maximum atomic E-state index is 13.1. The van der Waals surface area contributed by atoms with Gasteiger partial charge in [0.2, 0.25) is 5.91 Å². The summed E-state index contributed by atoms with van der Waals surface area (Å²) in [6, 6.07) is 13.7. The molecule has 2 N–H and O–H groups in total. The Balaban J connectivity index is 1.30. The number of hydrogen-bond donors (Lipinski definition) is 2. The van der Waals surface area contributed by atoms with Gasteiger partial charge in [-0.1, -0.05) is 17.7 Å². The molecule has 0 atom stereocenters. The fourth-order valence-corrected chi connectivity index (χ4v) is 3.97. The third-order valence-corrected chi connectivity index (χ3v) is 5.97. The quantitative estimate of drug-likeness (QED) is 0.542. The summed E-state index contributed by atoms with van der Waals surface area (Å²) in [4.78, 5) is 45.5. The van der Waals surface area contributed by atoms with Crippen molar-refractivity contribution in [3.63, 3.8) is 0 Å². The predicted octanol–water partition coefficient (Wildman–Crippen LogP) is 3.95. The van der Waals surface area contributed by atoms with E-state index in [2.05, 4.69) is 15.6 Å². The maximum Gasteiger partial charge on any atom is 0.321 e. The van der Waals surface area contributed by atoms with Gasteiger partial charge in [-0.2, -0.15) is 0 Å². The Morgan fingerprint density at radius 1 is 0.914 bits per heavy atom. The van der Waals surface area contributed by atoms with Crippen molar-refractivity contribution in [2.75, 3.05) is 36.8 Å². The van der Waals surface area contributed by atoms with E-state index in [1.54, 1.807) is 77.1 Å². The van der Waals surface area contributed by atoms with Gasteiger partial charge in [-0.15, -0.1) is 0 Å². The number of aryl methyl sites for hydroxylation is 1. The number of rotatable bonds is 6. The van der Waals surface area contributed by atoms with E-state index in [0.717, 1.165) is 0 Å². The molecule has 9 nitrogen and oxygen atoms in total. The van der Waals surface area contributed by atoms with Crippen LogP contribution in [0.25, 0.3) is 0 Å². The number of nitrogens with one attached hydrogen (secondary N) is 2. The van der Waals surface area contributed by atoms with E-state index in [4.69, 9.17) is 11.6 Å². The smallest absolute Gasteiger partial charge is 0.321 e. The Hall–Kier alpha value is -3.85. The van der Waals surface area contributed by atoms with Crippen LogP contribution in [-0.4, -0.2) is 63.4 Å². The molecular formula is C25H27ClN6O3. The lowest BCUT2D eigenvalue weighted by Crippen LogP contribution is -2.39. The molecule has 1 aliphatic heterocycles. The number of urea groups is 1. The van der Waals surface area contributed by atoms with Crippen LogP contribution < -0.4 is 10.6 Å². The summed E-state index contributed by atoms with van der Waals surface area (Å²) in [5, 5.41) is 6.32. The minimum absolute atomic E-state index is 0.125. The van der Waals surface area contributed by atoms with Gasteiger partial charge in [0.05, 0.1) is 6.33 Å². The minimum atomic E-state index is -0.206. The lowest BCUT2D eigenvalue weighted by Gasteiger charge is -2.23. The van der Waals surface area contributed by atoms with Crippen molar-refractivity contribution in [1.82, 2.24) is 19.4 Å². The fraction of sp³-hybridized carbons (Fsp3) is 0.280. The normalized spacial score (nSPS) is 13.7. The average molecular weight is 495 g/mol. The van der Waals surface area contributed by atoms with Crippen LogP contribution in [0.4, 0.5) is 16.2 Å². The van der Waals surface area contributed by atoms with E-state index in [-0.39, 0.29) is 17.8 Å². The van der Waals surface area contributed by atoms with Gasteiger partial charge in [-0.05, 0) is 48.9 Å². The third kappa shape index (κ3) is 6.83. The number of halogens is 1. The third-order valence-electron chi connectivity index (χ3n) is 5.72. The molecule has 0 aliphatic carbocycles. The van der Waals surface area contributed by atoms with E-state index in [1.807, 2.05) is 4.57 Å². The predicted molar refractivity (Wildman–Crippen MR) is 134 cm³/mol. The monoisotopic (exact) mass is 494 g/mol. The number of imidazole rings is 1. The first-order chi connectivity index (χ1) is 17.0. The molecule has 0 radical (unpaired) electrons. The van der Waals surface area contributed by atoms with Crippen LogP contribution in [0.15, 0.2) is 67.3 Å². The summed E-state index contributed by atoms with van der Waals surface area (Å²) in [7, 11) is 0. The van der Waals surface area contributed by atoms with E-state index < -0.39 is 0 Å². The number of anilines is 2. The summed E-state index contributed by atoms with van der Waals surface area (Å²) in [6.45, 7) is 2.48. The molecule has 2 heterocycles. The van der Waals surface area contributed by atoms with Crippen molar-refractivity contribution in [2.45, 2.75) is 19.4 Å². The molecule has 1 aromatic heterocycles. The number of amides is 4. The maximum absolute atomic E-state index is 13.1. The van der Waals surface area contributed by atoms with Gasteiger partial charge in [0.15, 0.2) is 0 Å². The van der Waals surface area contributed by atoms with Crippen LogP contribution in [0.1, 0.15) is 23.2 Å². The SMILES string of the molecule is O=C(CCn1ccnc1)Nc1cccc(C(=O)N2CCCN(C(=O)Nc3ccc(Cl)cc3)CC2)c1. The number of hydrogen-bond acceptors (Lipinski definition) is 4. The van der Waals surface area contributed by atoms with Crippen molar-refractivity contribution >= 4 is 40.8 Å². The van der Waals surface area contributed by atoms with E-state index >= 15 is 0 Å². The molecule has 3 aromatic rings. The largest absolute Gasteiger partial charge is 0.337 e. The molecule has 182 valence electrons. The number of benzene rings is 2. The summed E-state index contributed by atoms with van der Waals surface area (Å²) in [5.74, 6) is -0.264. The Morgan fingerprint density at radius 2 is 1.69 bits per heavy atom. The van der Waals surface area contributed by atoms with Gasteiger partial charge in [-0.3, -0.25) is 9.59 Å². The summed E-state index contributed by atoms with van der Waals surface area (Å²) in [6.07, 6.45) is 6.10. The molecule has 4 rings (SSSR count). The van der Waals surface area contributed by atoms with Gasteiger partial charge in [-0.25, -0.2) is 9.78 Å². The highest BCUT2D eigenvalue weighted by Gasteiger charge is 2.23. The van der Waals surface area contributed by atoms with Crippen molar-refractivity contribution in [3.05, 3.63) is 77.8 Å². The summed E-state index contributed by atoms with van der Waals surface area (Å²) in [5.41, 5.74) is 1.74. The van der Waals surface area contributed by atoms with Gasteiger partial charge in [0.25, 0.3) is 5.91 Å². The molecule has 0 bridgehead atoms. The Labute approximate surface area is 208 Å². The number of carbonyl (C=O) groups excluding carboxylic acids is 3. The van der Waals surface area contributed by atoms with Gasteiger partial charge in [0.1, 0.15) is 0 Å². The molecule has 0 unspecified atom stereocenters. The van der Waals surface area contributed by atoms with Crippen LogP contribution >= 0.6 is 11.6 Å². The molecule has 1 fully saturated rings. The topological polar surface area (TPSA) is 99.6 Å². The van der Waals surface area contributed by atoms with E-state index in [0.29, 0.717) is 67.5 Å². The molecule has 1 saturated heterocycles. The Kier molecular flexibility index (Phi) is 7.99. The molecule has 2 aromatic carbocycles. The number of carbonyl (C=O) groups is 3. The summed E-state index contributed by atoms with van der Waals surface area (Å²) >= 11 is 5.90. The highest BCUT2D eigenvalue weighted by molar-refractivity contribution is 6.30. The van der Waals surface area contributed by atoms with E-state index in [9.17, 15) is 14.4 Å². The van der Waals surface area contributed by atoms with Gasteiger partial charge < -0.3 is 25.0 Å². The highest BCUT2D eigenvalue weighted by atomic mass is 35.5. The molecule has 10 heteroatoms. The van der Waals surface area contributed by atoms with Gasteiger partial charge in [0, 0.05) is 73.5 Å². The van der Waals surface area contributed by atoms with Crippen LogP contribution in [0.5, 0.6) is 0 Å². The molecule has 0 saturated carbocycles. The van der Waals surface area contributed by atoms with E-state index in [1.165, 1.54) is 0 Å². The van der Waals surface area contributed by atoms with Crippen LogP contribution in [0.3, 0.4) is 0 Å². The fourth-order valence-electron chi connectivity index (χ4n) is 3.85. The minimum Gasteiger partial charge on any atom is -0.337 e. The molecule has 35 heavy (non-hydrogen) atoms. The van der Waals surface area contributed by atoms with Crippen LogP contribution in [0.2, 0.25) is 5.02 Å². The highest BCUT2D eigenvalue weighted by Crippen LogP contribution is 2.17. The lowest BCUT2D eigenvalue weighted by atomic mass is 10.1. The number of nitrogens with zero attached hydrogens (tertiary/aromatic N) is 4. The standard InChI is InChI=1S/C25H27ClN6O3/c26-20-5-7-21(8-6-20)29-25(35)32-12-2-11-31(15-16-32)24(34)19-3-1-4-22(17-19)28-23(33)9-13-30-14-10-27-18-30/h1,3-8,10,14,17-18H,2,9,11-13,15-16H2,(H,28,33)(H,29,35). The molecule has 1 aliphatic rings. The molecular weight excluding hydrogens is 468 g/mol. The summed E-state index contributed by atoms with van der Waals surface area (Å²) < 4.78 is 1.83. The van der Waals surface area contributed by atoms with Crippen LogP contribution in [0, 0.1) is 0 Å². The van der Waals surface area contributed by atoms with Crippen molar-refractivity contribution in [1.29, 1.82) is 0 Å². The second-order valence-corrected chi connectivity index (χ2v) is 8.69. The first kappa shape index (κ1) is 24.3. The zero-order valence-corrected chi connectivity index (χ0v) is 19.9. The molecule has 4 amide bonds. The van der Waals surface area contributed by atoms with Crippen molar-refractivity contribution < 1.29 is 14.4 Å². The zero-order chi connectivity index (χ0) is 24.6. The lowest BCUT2D eigenvalue weighted by molar-refractivity contribution is -0.116. The van der Waals surface area contributed by atoms with Gasteiger partial charge >= 0.3 is 6.03 Å². The van der Waals surface area contributed by atoms with Crippen molar-refractivity contribution in [3.8, 4) is 0 Å². The average Bonchev–Trinajstić information content (AvgIpc) is 3.26. The zero-order valence-electron chi connectivity index (χ0n) is 19.2. The Bertz CT molecular complexity index is 1170. The second kappa shape index (κ2) is 11.5. The second-order valence-electron chi connectivity index (χ2n) is 8.25. The Morgan fingerprint density at radius 3 is 2.46 bits per heavy atom. The number of aromatic nitrogens is 2. The first-order valence-electron chi connectivity index (χ1n) is 11.4. The van der Waals surface area contributed by atoms with Crippen molar-refractivity contribution in [2.24, 2.45) is 0 Å². The first-order valence-corrected chi connectivity index (χ1v) is 11.8.